The fraction of sp³-hybridized carbons (Fsp3) is 0.0870. The number of carbonyl (C=O) groups excluding carboxylic acids is 1. The molecule has 0 bridgehead atoms. The summed E-state index contributed by atoms with van der Waals surface area (Å²) >= 11 is 0. The minimum Gasteiger partial charge on any atom is -0.338 e. The van der Waals surface area contributed by atoms with Crippen LogP contribution in [0.3, 0.4) is 0 Å². The van der Waals surface area contributed by atoms with E-state index in [9.17, 15) is 4.79 Å². The Morgan fingerprint density at radius 1 is 0.893 bits per heavy atom. The zero-order valence-electron chi connectivity index (χ0n) is 15.7. The Morgan fingerprint density at radius 3 is 2.54 bits per heavy atom. The summed E-state index contributed by atoms with van der Waals surface area (Å²) in [6, 6.07) is 19.3. The molecule has 5 heteroatoms. The average Bonchev–Trinajstić information content (AvgIpc) is 2.71. The number of hydrogen-bond acceptors (Lipinski definition) is 4. The number of fused-ring (bicyclic) bond motifs is 1. The summed E-state index contributed by atoms with van der Waals surface area (Å²) in [6.07, 6.45) is 3.33. The molecule has 0 spiro atoms. The van der Waals surface area contributed by atoms with Gasteiger partial charge in [0.25, 0.3) is 5.91 Å². The molecule has 0 saturated carbocycles. The zero-order chi connectivity index (χ0) is 19.5. The first-order valence-electron chi connectivity index (χ1n) is 9.05. The van der Waals surface area contributed by atoms with Gasteiger partial charge in [0, 0.05) is 23.5 Å². The Morgan fingerprint density at radius 2 is 1.75 bits per heavy atom. The lowest BCUT2D eigenvalue weighted by Gasteiger charge is -2.10. The molecular formula is C23H20N4O. The number of carbonyl (C=O) groups is 1. The maximum absolute atomic E-state index is 12.5. The summed E-state index contributed by atoms with van der Waals surface area (Å²) in [7, 11) is 0. The van der Waals surface area contributed by atoms with Gasteiger partial charge in [0.1, 0.15) is 5.82 Å². The van der Waals surface area contributed by atoms with Gasteiger partial charge in [-0.15, -0.1) is 0 Å². The van der Waals surface area contributed by atoms with Crippen molar-refractivity contribution < 1.29 is 4.79 Å². The number of nitrogens with zero attached hydrogens (tertiary/aromatic N) is 2. The Balaban J connectivity index is 1.51. The Hall–Kier alpha value is -3.73. The van der Waals surface area contributed by atoms with Crippen molar-refractivity contribution in [2.45, 2.75) is 13.8 Å². The fourth-order valence-electron chi connectivity index (χ4n) is 3.09. The third-order valence-electron chi connectivity index (χ3n) is 4.55. The smallest absolute Gasteiger partial charge is 0.257 e. The van der Waals surface area contributed by atoms with Crippen molar-refractivity contribution in [1.82, 2.24) is 9.97 Å². The summed E-state index contributed by atoms with van der Waals surface area (Å²) in [6.45, 7) is 4.01. The van der Waals surface area contributed by atoms with Gasteiger partial charge in [0.05, 0.1) is 16.8 Å². The molecule has 0 saturated heterocycles. The van der Waals surface area contributed by atoms with E-state index in [-0.39, 0.29) is 5.91 Å². The van der Waals surface area contributed by atoms with Gasteiger partial charge in [-0.05, 0) is 49.7 Å². The highest BCUT2D eigenvalue weighted by Crippen LogP contribution is 2.24. The largest absolute Gasteiger partial charge is 0.338 e. The van der Waals surface area contributed by atoms with Crippen LogP contribution in [-0.4, -0.2) is 15.9 Å². The van der Waals surface area contributed by atoms with E-state index in [0.717, 1.165) is 33.4 Å². The molecule has 0 aliphatic rings. The summed E-state index contributed by atoms with van der Waals surface area (Å²) in [4.78, 5) is 21.3. The molecule has 28 heavy (non-hydrogen) atoms. The highest BCUT2D eigenvalue weighted by molar-refractivity contribution is 6.04. The summed E-state index contributed by atoms with van der Waals surface area (Å²) < 4.78 is 0. The predicted octanol–water partition coefficient (Wildman–Crippen LogP) is 5.24. The molecule has 4 aromatic rings. The normalized spacial score (nSPS) is 10.6. The van der Waals surface area contributed by atoms with Crippen molar-refractivity contribution >= 4 is 34.0 Å². The molecular weight excluding hydrogens is 348 g/mol. The van der Waals surface area contributed by atoms with Crippen LogP contribution >= 0.6 is 0 Å². The van der Waals surface area contributed by atoms with Gasteiger partial charge < -0.3 is 10.6 Å². The van der Waals surface area contributed by atoms with E-state index < -0.39 is 0 Å². The molecule has 2 aromatic carbocycles. The number of hydrogen-bond donors (Lipinski definition) is 2. The Kier molecular flexibility index (Phi) is 4.72. The van der Waals surface area contributed by atoms with Gasteiger partial charge in [0.15, 0.2) is 0 Å². The summed E-state index contributed by atoms with van der Waals surface area (Å²) in [5.41, 5.74) is 5.25. The van der Waals surface area contributed by atoms with Crippen molar-refractivity contribution in [2.75, 3.05) is 10.6 Å². The summed E-state index contributed by atoms with van der Waals surface area (Å²) in [5.74, 6) is 0.471. The van der Waals surface area contributed by atoms with Crippen molar-refractivity contribution in [2.24, 2.45) is 0 Å². The first-order valence-corrected chi connectivity index (χ1v) is 9.05. The molecule has 138 valence electrons. The minimum atomic E-state index is -0.183. The van der Waals surface area contributed by atoms with Gasteiger partial charge in [-0.25, -0.2) is 4.98 Å². The minimum absolute atomic E-state index is 0.183. The molecule has 5 nitrogen and oxygen atoms in total. The van der Waals surface area contributed by atoms with Crippen LogP contribution in [-0.2, 0) is 0 Å². The number of anilines is 3. The van der Waals surface area contributed by atoms with Crippen LogP contribution in [0.15, 0.2) is 73.1 Å². The Labute approximate surface area is 163 Å². The van der Waals surface area contributed by atoms with Gasteiger partial charge in [-0.2, -0.15) is 0 Å². The predicted molar refractivity (Wildman–Crippen MR) is 113 cm³/mol. The molecule has 4 rings (SSSR count). The molecule has 0 aliphatic heterocycles. The second-order valence-corrected chi connectivity index (χ2v) is 6.71. The van der Waals surface area contributed by atoms with E-state index in [2.05, 4.69) is 20.6 Å². The second kappa shape index (κ2) is 7.48. The lowest BCUT2D eigenvalue weighted by molar-refractivity contribution is 0.102. The van der Waals surface area contributed by atoms with E-state index >= 15 is 0 Å². The van der Waals surface area contributed by atoms with Crippen LogP contribution in [0, 0.1) is 13.8 Å². The molecule has 2 N–H and O–H groups in total. The van der Waals surface area contributed by atoms with Crippen LogP contribution in [0.1, 0.15) is 21.5 Å². The Bertz CT molecular complexity index is 1150. The van der Waals surface area contributed by atoms with E-state index in [4.69, 9.17) is 0 Å². The molecule has 0 unspecified atom stereocenters. The second-order valence-electron chi connectivity index (χ2n) is 6.71. The SMILES string of the molecule is Cc1ccc(NC(=O)c2ccc(Nc3cccc4cccnc34)nc2)c(C)c1. The molecule has 1 amide bonds. The third-order valence-corrected chi connectivity index (χ3v) is 4.55. The van der Waals surface area contributed by atoms with E-state index in [1.807, 2.05) is 62.4 Å². The molecule has 2 heterocycles. The maximum atomic E-state index is 12.5. The summed E-state index contributed by atoms with van der Waals surface area (Å²) in [5, 5.41) is 7.26. The highest BCUT2D eigenvalue weighted by atomic mass is 16.1. The van der Waals surface area contributed by atoms with Gasteiger partial charge in [-0.1, -0.05) is 35.9 Å². The molecule has 2 aromatic heterocycles. The quantitative estimate of drug-likeness (QED) is 0.517. The van der Waals surface area contributed by atoms with E-state index in [1.165, 1.54) is 0 Å². The van der Waals surface area contributed by atoms with Crippen LogP contribution in [0.4, 0.5) is 17.2 Å². The van der Waals surface area contributed by atoms with Crippen LogP contribution in [0.2, 0.25) is 0 Å². The molecule has 0 radical (unpaired) electrons. The van der Waals surface area contributed by atoms with Crippen LogP contribution < -0.4 is 10.6 Å². The van der Waals surface area contributed by atoms with E-state index in [1.54, 1.807) is 24.5 Å². The number of pyridine rings is 2. The number of aromatic nitrogens is 2. The van der Waals surface area contributed by atoms with Crippen LogP contribution in [0.25, 0.3) is 10.9 Å². The highest BCUT2D eigenvalue weighted by Gasteiger charge is 2.09. The average molecular weight is 368 g/mol. The van der Waals surface area contributed by atoms with Crippen LogP contribution in [0.5, 0.6) is 0 Å². The first-order chi connectivity index (χ1) is 13.6. The van der Waals surface area contributed by atoms with Gasteiger partial charge in [0.2, 0.25) is 0 Å². The van der Waals surface area contributed by atoms with Crippen molar-refractivity contribution in [3.8, 4) is 0 Å². The lowest BCUT2D eigenvalue weighted by Crippen LogP contribution is -2.13. The fourth-order valence-corrected chi connectivity index (χ4v) is 3.09. The molecule has 0 atom stereocenters. The van der Waals surface area contributed by atoms with Crippen molar-refractivity contribution in [3.05, 3.63) is 89.7 Å². The monoisotopic (exact) mass is 368 g/mol. The molecule has 0 aliphatic carbocycles. The number of benzene rings is 2. The molecule has 0 fully saturated rings. The number of amides is 1. The zero-order valence-corrected chi connectivity index (χ0v) is 15.7. The van der Waals surface area contributed by atoms with Gasteiger partial charge in [-0.3, -0.25) is 9.78 Å². The van der Waals surface area contributed by atoms with Crippen molar-refractivity contribution in [3.63, 3.8) is 0 Å². The topological polar surface area (TPSA) is 66.9 Å². The third kappa shape index (κ3) is 3.69. The standard InChI is InChI=1S/C23H20N4O/c1-15-8-10-19(16(2)13-15)27-23(28)18-9-11-21(25-14-18)26-20-7-3-5-17-6-4-12-24-22(17)20/h3-14H,1-2H3,(H,25,26)(H,27,28). The maximum Gasteiger partial charge on any atom is 0.257 e. The first kappa shape index (κ1) is 17.7. The number of aryl methyl sites for hydroxylation is 2. The van der Waals surface area contributed by atoms with E-state index in [0.29, 0.717) is 11.4 Å². The number of nitrogens with one attached hydrogen (secondary N) is 2. The number of rotatable bonds is 4. The number of para-hydroxylation sites is 1. The van der Waals surface area contributed by atoms with Gasteiger partial charge >= 0.3 is 0 Å². The lowest BCUT2D eigenvalue weighted by atomic mass is 10.1. The van der Waals surface area contributed by atoms with Crippen molar-refractivity contribution in [1.29, 1.82) is 0 Å².